The molecule has 0 aliphatic heterocycles. The van der Waals surface area contributed by atoms with Crippen molar-refractivity contribution >= 4 is 0 Å². The molecule has 8 aromatic rings. The van der Waals surface area contributed by atoms with Gasteiger partial charge in [-0.1, -0.05) is 388 Å². The normalized spacial score (nSPS) is 14.1. The number of halogens is 1. The van der Waals surface area contributed by atoms with Gasteiger partial charge in [0, 0.05) is 49.3 Å². The lowest BCUT2D eigenvalue weighted by Gasteiger charge is -2.25. The third kappa shape index (κ3) is 52.8. The van der Waals surface area contributed by atoms with E-state index < -0.39 is 0 Å². The van der Waals surface area contributed by atoms with Gasteiger partial charge >= 0.3 is 0 Å². The first kappa shape index (κ1) is 113. The molecule has 6 N–H and O–H groups in total. The molecule has 0 aliphatic carbocycles. The van der Waals surface area contributed by atoms with Crippen LogP contribution in [0.25, 0.3) is 0 Å². The molecule has 126 heavy (non-hydrogen) atoms. The molecule has 0 aromatic heterocycles. The van der Waals surface area contributed by atoms with Crippen molar-refractivity contribution < 1.29 is 4.39 Å². The Morgan fingerprint density at radius 2 is 0.548 bits per heavy atom. The summed E-state index contributed by atoms with van der Waals surface area (Å²) in [6.45, 7) is 75.5. The third-order valence-corrected chi connectivity index (χ3v) is 23.1. The van der Waals surface area contributed by atoms with Crippen LogP contribution >= 0.6 is 0 Å². The summed E-state index contributed by atoms with van der Waals surface area (Å²) in [5.74, 6) is 7.37. The zero-order valence-electron chi connectivity index (χ0n) is 85.6. The van der Waals surface area contributed by atoms with E-state index >= 15 is 0 Å². The van der Waals surface area contributed by atoms with Crippen molar-refractivity contribution in [2.75, 3.05) is 26.2 Å². The summed E-state index contributed by atoms with van der Waals surface area (Å²) in [4.78, 5) is 0. The number of rotatable bonds is 44. The Balaban J connectivity index is 0.000000391. The predicted octanol–water partition coefficient (Wildman–Crippen LogP) is 31.5. The Bertz CT molecular complexity index is 4210. The number of nitrogens with one attached hydrogen (secondary N) is 6. The topological polar surface area (TPSA) is 72.2 Å². The van der Waals surface area contributed by atoms with E-state index in [1.54, 1.807) is 12.1 Å². The van der Waals surface area contributed by atoms with Crippen molar-refractivity contribution in [2.45, 2.75) is 351 Å². The molecule has 0 heterocycles. The molecule has 6 nitrogen and oxygen atoms in total. The first-order chi connectivity index (χ1) is 59.6. The van der Waals surface area contributed by atoms with Crippen molar-refractivity contribution in [1.82, 2.24) is 31.9 Å². The number of hydrogen-bond acceptors (Lipinski definition) is 6. The fraction of sp³-hybridized carbons (Fsp3) is 0.529. The summed E-state index contributed by atoms with van der Waals surface area (Å²) >= 11 is 0. The van der Waals surface area contributed by atoms with Crippen LogP contribution < -0.4 is 31.9 Å². The van der Waals surface area contributed by atoms with Gasteiger partial charge in [0.1, 0.15) is 5.82 Å². The molecule has 7 heteroatoms. The van der Waals surface area contributed by atoms with Crippen LogP contribution in [0.15, 0.2) is 253 Å². The van der Waals surface area contributed by atoms with E-state index in [9.17, 15) is 4.39 Å². The van der Waals surface area contributed by atoms with Crippen LogP contribution in [0.2, 0.25) is 0 Å². The Morgan fingerprint density at radius 3 is 0.881 bits per heavy atom. The molecule has 0 amide bonds. The highest BCUT2D eigenvalue weighted by atomic mass is 19.1. The Kier molecular flexibility index (Phi) is 56.7. The van der Waals surface area contributed by atoms with Crippen molar-refractivity contribution in [3.8, 4) is 0 Å². The first-order valence-corrected chi connectivity index (χ1v) is 48.8. The maximum Gasteiger partial charge on any atom is 0.123 e. The van der Waals surface area contributed by atoms with Crippen molar-refractivity contribution in [1.29, 1.82) is 0 Å². The maximum absolute atomic E-state index is 13.0. The molecule has 0 radical (unpaired) electrons. The van der Waals surface area contributed by atoms with E-state index in [2.05, 4.69) is 453 Å². The second kappa shape index (κ2) is 63.4. The highest BCUT2D eigenvalue weighted by molar-refractivity contribution is 5.32. The van der Waals surface area contributed by atoms with Crippen molar-refractivity contribution in [3.63, 3.8) is 0 Å². The van der Waals surface area contributed by atoms with E-state index in [1.165, 1.54) is 120 Å². The minimum atomic E-state index is -0.167. The highest BCUT2D eigenvalue weighted by Crippen LogP contribution is 2.30. The molecule has 8 unspecified atom stereocenters. The molecule has 0 saturated carbocycles. The molecule has 0 spiro atoms. The molecule has 8 rings (SSSR count). The maximum atomic E-state index is 13.0. The fourth-order valence-corrected chi connectivity index (χ4v) is 16.2. The average molecular weight is 1720 g/mol. The van der Waals surface area contributed by atoms with E-state index in [1.807, 2.05) is 12.1 Å². The van der Waals surface area contributed by atoms with Gasteiger partial charge in [0.15, 0.2) is 0 Å². The summed E-state index contributed by atoms with van der Waals surface area (Å²) in [5.41, 5.74) is 23.4. The molecular formula is C119H183FN6. The van der Waals surface area contributed by atoms with Gasteiger partial charge in [-0.2, -0.15) is 0 Å². The van der Waals surface area contributed by atoms with Gasteiger partial charge in [0.25, 0.3) is 0 Å². The van der Waals surface area contributed by atoms with Gasteiger partial charge in [0.05, 0.1) is 0 Å². The summed E-state index contributed by atoms with van der Waals surface area (Å²) in [6, 6.07) is 75.7. The Labute approximate surface area is 774 Å². The van der Waals surface area contributed by atoms with Crippen LogP contribution in [0.5, 0.6) is 0 Å². The van der Waals surface area contributed by atoms with Crippen LogP contribution in [0.1, 0.15) is 339 Å². The van der Waals surface area contributed by atoms with E-state index in [0.717, 1.165) is 76.8 Å². The summed E-state index contributed by atoms with van der Waals surface area (Å²) < 4.78 is 13.0. The summed E-state index contributed by atoms with van der Waals surface area (Å²) in [7, 11) is 0. The van der Waals surface area contributed by atoms with Gasteiger partial charge in [-0.05, 0) is 301 Å². The van der Waals surface area contributed by atoms with Crippen LogP contribution in [-0.4, -0.2) is 62.4 Å². The molecule has 0 saturated heterocycles. The Hall–Kier alpha value is -7.59. The molecule has 0 fully saturated rings. The van der Waals surface area contributed by atoms with Crippen LogP contribution in [-0.2, 0) is 13.1 Å². The zero-order chi connectivity index (χ0) is 93.8. The molecule has 12 atom stereocenters. The number of benzene rings is 8. The van der Waals surface area contributed by atoms with Crippen LogP contribution in [0.3, 0.4) is 0 Å². The minimum absolute atomic E-state index is 0.167. The van der Waals surface area contributed by atoms with Gasteiger partial charge in [0.2, 0.25) is 0 Å². The molecular weight excluding hydrogens is 1530 g/mol. The third-order valence-electron chi connectivity index (χ3n) is 23.1. The van der Waals surface area contributed by atoms with E-state index in [0.29, 0.717) is 95.4 Å². The predicted molar refractivity (Wildman–Crippen MR) is 558 cm³/mol. The van der Waals surface area contributed by atoms with Crippen molar-refractivity contribution in [3.05, 3.63) is 331 Å². The summed E-state index contributed by atoms with van der Waals surface area (Å²) in [5, 5.41) is 22.2. The molecule has 8 aromatic carbocycles. The number of hydrogen-bond donors (Lipinski definition) is 6. The van der Waals surface area contributed by atoms with Crippen molar-refractivity contribution in [2.24, 2.45) is 35.5 Å². The van der Waals surface area contributed by atoms with Gasteiger partial charge < -0.3 is 31.9 Å². The lowest BCUT2D eigenvalue weighted by atomic mass is 9.89. The van der Waals surface area contributed by atoms with Gasteiger partial charge in [-0.15, -0.1) is 0 Å². The van der Waals surface area contributed by atoms with Gasteiger partial charge in [-0.3, -0.25) is 0 Å². The average Bonchev–Trinajstić information content (AvgIpc) is 0.902. The number of allylic oxidation sites excluding steroid dienone is 4. The Morgan fingerprint density at radius 1 is 0.254 bits per heavy atom. The monoisotopic (exact) mass is 1720 g/mol. The quantitative estimate of drug-likeness (QED) is 0.0214. The van der Waals surface area contributed by atoms with Crippen LogP contribution in [0, 0.1) is 75.9 Å². The lowest BCUT2D eigenvalue weighted by Crippen LogP contribution is -2.34. The SMILES string of the molecule is CC(C)=CC(C[C@H](C)c1ccc(C)cc1)NCc1ccccc1.CC(C)=CC(C[C@H](C)c1ccc(F)cc1)NCC(C)C.CC(C)=CC(C[C@H](C)c1cccc(C)c1)NCC(C)C.CC(C)=CC(C[C@H](C)c1ccccc1C)NCC(C)C.Cc1ccc(C(C)CC(CC(C)C)NCC(C)C)cc1.Cc1ccc(C(C)CC(CC(C)C)NCc2ccccc2)cc1. The van der Waals surface area contributed by atoms with E-state index in [4.69, 9.17) is 0 Å². The molecule has 0 aliphatic rings. The van der Waals surface area contributed by atoms with Crippen LogP contribution in [0.4, 0.5) is 4.39 Å². The first-order valence-electron chi connectivity index (χ1n) is 48.8. The molecule has 696 valence electrons. The van der Waals surface area contributed by atoms with Gasteiger partial charge in [-0.25, -0.2) is 4.39 Å². The zero-order valence-corrected chi connectivity index (χ0v) is 85.6. The summed E-state index contributed by atoms with van der Waals surface area (Å²) in [6.07, 6.45) is 18.8. The number of aryl methyl sites for hydroxylation is 5. The standard InChI is InChI=1S/C22H31N.C22H29N.C19H33N.2C19H31N.C18H28FN/c2*1-17(2)14-22(23-16-20-8-6-5-7-9-20)15-19(4)21-12-10-18(3)11-13-21;1-14(2)11-19(20-13-15(3)4)12-17(6)18-9-7-16(5)8-10-18;1-14(2)10-19(20-13-15(3)4)12-17(6)18-9-7-8-16(5)11-18;1-14(2)11-18(20-13-15(3)4)12-17(6)19-10-8-7-9-16(19)5;1-13(2)10-18(20-12-14(3)4)11-15(5)16-6-8-17(19)9-7-16/h5-13,17,19,22-23H,14-16H2,1-4H3;5-14,19,22-23H,15-16H2,1-4H3;7-10,14-15,17,19-20H,11-13H2,1-6H3;7-11,15,17,19-20H,12-13H2,1-6H3;7-11,15,17-18,20H,12-13H2,1-6H3;6-10,14-15,18,20H,11-12H2,1-5H3/t;19-,22?;;17-,19?;17-,18?;15-,18?/m.0.000/s1. The largest absolute Gasteiger partial charge is 0.314 e. The minimum Gasteiger partial charge on any atom is -0.314 e. The fourth-order valence-electron chi connectivity index (χ4n) is 16.2. The smallest absolute Gasteiger partial charge is 0.123 e. The highest BCUT2D eigenvalue weighted by Gasteiger charge is 2.22. The second-order valence-corrected chi connectivity index (χ2v) is 40.9. The second-order valence-electron chi connectivity index (χ2n) is 40.9. The molecule has 0 bridgehead atoms. The van der Waals surface area contributed by atoms with E-state index in [-0.39, 0.29) is 5.82 Å². The lowest BCUT2D eigenvalue weighted by molar-refractivity contribution is 0.363.